The molecule has 0 aliphatic heterocycles. The van der Waals surface area contributed by atoms with Crippen LogP contribution < -0.4 is 10.6 Å². The fourth-order valence-electron chi connectivity index (χ4n) is 2.00. The molecular weight excluding hydrogens is 270 g/mol. The zero-order valence-corrected chi connectivity index (χ0v) is 11.7. The largest absolute Gasteiger partial charge is 0.325 e. The average molecular weight is 283 g/mol. The number of carbonyl (C=O) groups is 1. The van der Waals surface area contributed by atoms with Gasteiger partial charge in [-0.1, -0.05) is 36.4 Å². The lowest BCUT2D eigenvalue weighted by atomic mass is 10.1. The number of urea groups is 1. The normalized spacial score (nSPS) is 10.4. The zero-order chi connectivity index (χ0) is 13.9. The molecule has 3 rings (SSSR count). The second kappa shape index (κ2) is 5.30. The monoisotopic (exact) mass is 283 g/mol. The van der Waals surface area contributed by atoms with E-state index in [0.29, 0.717) is 5.13 Å². The molecule has 100 valence electrons. The third-order valence-electron chi connectivity index (χ3n) is 2.88. The van der Waals surface area contributed by atoms with Crippen molar-refractivity contribution in [2.75, 3.05) is 10.6 Å². The quantitative estimate of drug-likeness (QED) is 0.738. The van der Waals surface area contributed by atoms with Crippen LogP contribution in [0.25, 0.3) is 10.8 Å². The van der Waals surface area contributed by atoms with Gasteiger partial charge in [0, 0.05) is 10.8 Å². The van der Waals surface area contributed by atoms with E-state index in [1.807, 2.05) is 54.8 Å². The highest BCUT2D eigenvalue weighted by Crippen LogP contribution is 2.23. The van der Waals surface area contributed by atoms with E-state index in [-0.39, 0.29) is 6.03 Å². The summed E-state index contributed by atoms with van der Waals surface area (Å²) in [4.78, 5) is 16.2. The third kappa shape index (κ3) is 2.62. The van der Waals surface area contributed by atoms with Crippen LogP contribution in [0, 0.1) is 6.92 Å². The highest BCUT2D eigenvalue weighted by Gasteiger charge is 2.07. The van der Waals surface area contributed by atoms with Crippen molar-refractivity contribution in [1.82, 2.24) is 4.98 Å². The first-order chi connectivity index (χ1) is 9.72. The number of carbonyl (C=O) groups excluding carboxylic acids is 1. The van der Waals surface area contributed by atoms with Crippen molar-refractivity contribution in [3.05, 3.63) is 53.5 Å². The lowest BCUT2D eigenvalue weighted by Crippen LogP contribution is -2.19. The molecule has 0 unspecified atom stereocenters. The summed E-state index contributed by atoms with van der Waals surface area (Å²) in [6.07, 6.45) is 0. The van der Waals surface area contributed by atoms with Crippen molar-refractivity contribution >= 4 is 39.0 Å². The summed E-state index contributed by atoms with van der Waals surface area (Å²) in [6, 6.07) is 13.5. The van der Waals surface area contributed by atoms with E-state index in [0.717, 1.165) is 22.2 Å². The summed E-state index contributed by atoms with van der Waals surface area (Å²) in [7, 11) is 0. The van der Waals surface area contributed by atoms with E-state index in [4.69, 9.17) is 0 Å². The minimum absolute atomic E-state index is 0.282. The summed E-state index contributed by atoms with van der Waals surface area (Å²) in [5.41, 5.74) is 1.68. The van der Waals surface area contributed by atoms with Crippen LogP contribution in [0.3, 0.4) is 0 Å². The molecule has 2 aromatic carbocycles. The molecule has 0 saturated heterocycles. The van der Waals surface area contributed by atoms with Crippen molar-refractivity contribution in [3.8, 4) is 0 Å². The Morgan fingerprint density at radius 1 is 1.10 bits per heavy atom. The molecule has 4 nitrogen and oxygen atoms in total. The molecule has 5 heteroatoms. The van der Waals surface area contributed by atoms with Gasteiger partial charge in [0.25, 0.3) is 0 Å². The molecule has 0 atom stereocenters. The maximum Gasteiger partial charge on any atom is 0.325 e. The van der Waals surface area contributed by atoms with Gasteiger partial charge in [-0.25, -0.2) is 9.78 Å². The first-order valence-corrected chi connectivity index (χ1v) is 7.08. The Labute approximate surface area is 120 Å². The van der Waals surface area contributed by atoms with Crippen LogP contribution in [-0.2, 0) is 0 Å². The SMILES string of the molecule is Cc1csc(NC(=O)Nc2cccc3ccccc23)n1. The second-order valence-corrected chi connectivity index (χ2v) is 5.26. The number of amides is 2. The van der Waals surface area contributed by atoms with E-state index in [1.165, 1.54) is 11.3 Å². The molecule has 2 N–H and O–H groups in total. The van der Waals surface area contributed by atoms with Crippen LogP contribution >= 0.6 is 11.3 Å². The number of fused-ring (bicyclic) bond motifs is 1. The lowest BCUT2D eigenvalue weighted by Gasteiger charge is -2.08. The third-order valence-corrected chi connectivity index (χ3v) is 3.75. The van der Waals surface area contributed by atoms with E-state index >= 15 is 0 Å². The summed E-state index contributed by atoms with van der Waals surface area (Å²) >= 11 is 1.41. The highest BCUT2D eigenvalue weighted by atomic mass is 32.1. The number of benzene rings is 2. The molecule has 2 amide bonds. The average Bonchev–Trinajstić information content (AvgIpc) is 2.84. The van der Waals surface area contributed by atoms with Crippen LogP contribution in [0.1, 0.15) is 5.69 Å². The number of anilines is 2. The van der Waals surface area contributed by atoms with Gasteiger partial charge in [-0.15, -0.1) is 11.3 Å². The molecule has 1 aromatic heterocycles. The molecule has 20 heavy (non-hydrogen) atoms. The number of aryl methyl sites for hydroxylation is 1. The molecule has 0 spiro atoms. The molecule has 0 radical (unpaired) electrons. The Morgan fingerprint density at radius 2 is 1.90 bits per heavy atom. The van der Waals surface area contributed by atoms with Crippen molar-refractivity contribution < 1.29 is 4.79 Å². The molecule has 0 fully saturated rings. The summed E-state index contributed by atoms with van der Waals surface area (Å²) < 4.78 is 0. The van der Waals surface area contributed by atoms with Gasteiger partial charge in [0.15, 0.2) is 5.13 Å². The number of nitrogens with zero attached hydrogens (tertiary/aromatic N) is 1. The second-order valence-electron chi connectivity index (χ2n) is 4.40. The topological polar surface area (TPSA) is 54.0 Å². The highest BCUT2D eigenvalue weighted by molar-refractivity contribution is 7.13. The Morgan fingerprint density at radius 3 is 2.70 bits per heavy atom. The zero-order valence-electron chi connectivity index (χ0n) is 10.9. The molecule has 3 aromatic rings. The van der Waals surface area contributed by atoms with E-state index in [2.05, 4.69) is 15.6 Å². The van der Waals surface area contributed by atoms with Gasteiger partial charge in [0.05, 0.1) is 11.4 Å². The van der Waals surface area contributed by atoms with Gasteiger partial charge in [-0.3, -0.25) is 5.32 Å². The van der Waals surface area contributed by atoms with Crippen molar-refractivity contribution in [1.29, 1.82) is 0 Å². The minimum atomic E-state index is -0.282. The number of thiazole rings is 1. The predicted octanol–water partition coefficient (Wildman–Crippen LogP) is 4.25. The van der Waals surface area contributed by atoms with Gasteiger partial charge in [0.2, 0.25) is 0 Å². The fraction of sp³-hybridized carbons (Fsp3) is 0.0667. The molecular formula is C15H13N3OS. The smallest absolute Gasteiger partial charge is 0.307 e. The van der Waals surface area contributed by atoms with Crippen molar-refractivity contribution in [2.45, 2.75) is 6.92 Å². The summed E-state index contributed by atoms with van der Waals surface area (Å²) in [5.74, 6) is 0. The van der Waals surface area contributed by atoms with Gasteiger partial charge in [0.1, 0.15) is 0 Å². The number of aromatic nitrogens is 1. The fourth-order valence-corrected chi connectivity index (χ4v) is 2.68. The van der Waals surface area contributed by atoms with Crippen LogP contribution in [-0.4, -0.2) is 11.0 Å². The molecule has 0 saturated carbocycles. The van der Waals surface area contributed by atoms with Crippen LogP contribution in [0.5, 0.6) is 0 Å². The van der Waals surface area contributed by atoms with Gasteiger partial charge in [-0.2, -0.15) is 0 Å². The van der Waals surface area contributed by atoms with Gasteiger partial charge in [-0.05, 0) is 18.4 Å². The summed E-state index contributed by atoms with van der Waals surface area (Å²) in [5, 5.41) is 10.2. The number of hydrogen-bond acceptors (Lipinski definition) is 3. The van der Waals surface area contributed by atoms with Crippen molar-refractivity contribution in [3.63, 3.8) is 0 Å². The number of rotatable bonds is 2. The summed E-state index contributed by atoms with van der Waals surface area (Å²) in [6.45, 7) is 1.89. The molecule has 0 aliphatic rings. The van der Waals surface area contributed by atoms with Crippen LogP contribution in [0.15, 0.2) is 47.8 Å². The number of nitrogens with one attached hydrogen (secondary N) is 2. The Bertz CT molecular complexity index is 761. The van der Waals surface area contributed by atoms with Crippen LogP contribution in [0.4, 0.5) is 15.6 Å². The maximum atomic E-state index is 12.0. The molecule has 1 heterocycles. The Balaban J connectivity index is 1.81. The van der Waals surface area contributed by atoms with Gasteiger partial charge < -0.3 is 5.32 Å². The predicted molar refractivity (Wildman–Crippen MR) is 83.4 cm³/mol. The van der Waals surface area contributed by atoms with E-state index in [9.17, 15) is 4.79 Å². The first kappa shape index (κ1) is 12.6. The van der Waals surface area contributed by atoms with Crippen molar-refractivity contribution in [2.24, 2.45) is 0 Å². The lowest BCUT2D eigenvalue weighted by molar-refractivity contribution is 0.262. The Kier molecular flexibility index (Phi) is 3.35. The standard InChI is InChI=1S/C15H13N3OS/c1-10-9-20-15(16-10)18-14(19)17-13-8-4-6-11-5-2-3-7-12(11)13/h2-9H,1H3,(H2,16,17,18,19). The van der Waals surface area contributed by atoms with Gasteiger partial charge >= 0.3 is 6.03 Å². The molecule has 0 aliphatic carbocycles. The first-order valence-electron chi connectivity index (χ1n) is 6.20. The minimum Gasteiger partial charge on any atom is -0.307 e. The molecule has 0 bridgehead atoms. The number of hydrogen-bond donors (Lipinski definition) is 2. The van der Waals surface area contributed by atoms with E-state index in [1.54, 1.807) is 0 Å². The maximum absolute atomic E-state index is 12.0. The Hall–Kier alpha value is -2.40. The van der Waals surface area contributed by atoms with Crippen LogP contribution in [0.2, 0.25) is 0 Å². The van der Waals surface area contributed by atoms with E-state index < -0.39 is 0 Å².